The van der Waals surface area contributed by atoms with Gasteiger partial charge in [0.1, 0.15) is 11.9 Å². The van der Waals surface area contributed by atoms with Crippen molar-refractivity contribution in [1.82, 2.24) is 5.32 Å². The van der Waals surface area contributed by atoms with Crippen molar-refractivity contribution < 1.29 is 23.5 Å². The second-order valence-electron chi connectivity index (χ2n) is 4.78. The molecule has 0 spiro atoms. The fourth-order valence-corrected chi connectivity index (χ4v) is 1.90. The first kappa shape index (κ1) is 15.0. The number of rotatable bonds is 4. The summed E-state index contributed by atoms with van der Waals surface area (Å²) in [6, 6.07) is 3.58. The van der Waals surface area contributed by atoms with E-state index in [1.54, 1.807) is 13.0 Å². The van der Waals surface area contributed by atoms with Gasteiger partial charge < -0.3 is 15.4 Å². The van der Waals surface area contributed by atoms with Gasteiger partial charge in [0.15, 0.2) is 6.61 Å². The average Bonchev–Trinajstić information content (AvgIpc) is 2.87. The van der Waals surface area contributed by atoms with Crippen LogP contribution in [-0.2, 0) is 19.1 Å². The van der Waals surface area contributed by atoms with Crippen LogP contribution in [0.1, 0.15) is 18.4 Å². The molecule has 0 bridgehead atoms. The number of carbonyl (C=O) groups is 3. The Bertz CT molecular complexity index is 588. The molecule has 7 heteroatoms. The lowest BCUT2D eigenvalue weighted by molar-refractivity contribution is -0.149. The van der Waals surface area contributed by atoms with E-state index < -0.39 is 30.3 Å². The Morgan fingerprint density at radius 2 is 2.24 bits per heavy atom. The molecule has 1 aliphatic heterocycles. The smallest absolute Gasteiger partial charge is 0.329 e. The SMILES string of the molecule is Cc1ccc(NC(=O)COC(=O)[C@@H]2CCC(=O)N2)cc1F. The van der Waals surface area contributed by atoms with Crippen molar-refractivity contribution in [3.8, 4) is 0 Å². The molecular weight excluding hydrogens is 279 g/mol. The van der Waals surface area contributed by atoms with Crippen LogP contribution in [0, 0.1) is 12.7 Å². The number of halogens is 1. The maximum absolute atomic E-state index is 13.3. The first-order chi connectivity index (χ1) is 9.95. The standard InChI is InChI=1S/C14H15FN2O4/c1-8-2-3-9(6-10(8)15)16-13(19)7-21-14(20)11-4-5-12(18)17-11/h2-3,6,11H,4-5,7H2,1H3,(H,16,19)(H,17,18)/t11-/m0/s1. The summed E-state index contributed by atoms with van der Waals surface area (Å²) in [6.45, 7) is 1.12. The van der Waals surface area contributed by atoms with Crippen molar-refractivity contribution in [2.45, 2.75) is 25.8 Å². The number of ether oxygens (including phenoxy) is 1. The van der Waals surface area contributed by atoms with Gasteiger partial charge in [-0.25, -0.2) is 9.18 Å². The Kier molecular flexibility index (Phi) is 4.52. The Hall–Kier alpha value is -2.44. The second kappa shape index (κ2) is 6.34. The molecule has 1 aromatic rings. The molecule has 0 aliphatic carbocycles. The highest BCUT2D eigenvalue weighted by Crippen LogP contribution is 2.13. The van der Waals surface area contributed by atoms with E-state index in [1.807, 2.05) is 0 Å². The van der Waals surface area contributed by atoms with Crippen molar-refractivity contribution in [2.24, 2.45) is 0 Å². The van der Waals surface area contributed by atoms with Gasteiger partial charge in [0.2, 0.25) is 5.91 Å². The van der Waals surface area contributed by atoms with Gasteiger partial charge in [-0.2, -0.15) is 0 Å². The van der Waals surface area contributed by atoms with Crippen LogP contribution in [0.5, 0.6) is 0 Å². The summed E-state index contributed by atoms with van der Waals surface area (Å²) < 4.78 is 18.1. The number of benzene rings is 1. The van der Waals surface area contributed by atoms with Gasteiger partial charge in [0, 0.05) is 12.1 Å². The van der Waals surface area contributed by atoms with Gasteiger partial charge in [-0.15, -0.1) is 0 Å². The molecule has 1 saturated heterocycles. The minimum atomic E-state index is -0.692. The van der Waals surface area contributed by atoms with Gasteiger partial charge in [-0.05, 0) is 31.0 Å². The molecule has 2 amide bonds. The lowest BCUT2D eigenvalue weighted by Crippen LogP contribution is -2.36. The van der Waals surface area contributed by atoms with Crippen LogP contribution in [0.15, 0.2) is 18.2 Å². The maximum Gasteiger partial charge on any atom is 0.329 e. The summed E-state index contributed by atoms with van der Waals surface area (Å²) in [5, 5.41) is 4.87. The summed E-state index contributed by atoms with van der Waals surface area (Å²) in [5.41, 5.74) is 0.754. The summed E-state index contributed by atoms with van der Waals surface area (Å²) in [5.74, 6) is -1.86. The first-order valence-corrected chi connectivity index (χ1v) is 6.47. The molecule has 0 unspecified atom stereocenters. The van der Waals surface area contributed by atoms with Crippen molar-refractivity contribution >= 4 is 23.5 Å². The molecule has 0 aromatic heterocycles. The summed E-state index contributed by atoms with van der Waals surface area (Å²) >= 11 is 0. The third kappa shape index (κ3) is 4.01. The van der Waals surface area contributed by atoms with Crippen LogP contribution in [0.3, 0.4) is 0 Å². The zero-order valence-electron chi connectivity index (χ0n) is 11.4. The predicted octanol–water partition coefficient (Wildman–Crippen LogP) is 0.894. The average molecular weight is 294 g/mol. The monoisotopic (exact) mass is 294 g/mol. The number of hydrogen-bond acceptors (Lipinski definition) is 4. The van der Waals surface area contributed by atoms with Crippen molar-refractivity contribution in [2.75, 3.05) is 11.9 Å². The first-order valence-electron chi connectivity index (χ1n) is 6.47. The summed E-state index contributed by atoms with van der Waals surface area (Å²) in [7, 11) is 0. The number of anilines is 1. The lowest BCUT2D eigenvalue weighted by Gasteiger charge is -2.10. The van der Waals surface area contributed by atoms with Crippen molar-refractivity contribution in [3.05, 3.63) is 29.6 Å². The molecule has 6 nitrogen and oxygen atoms in total. The van der Waals surface area contributed by atoms with E-state index in [-0.39, 0.29) is 18.0 Å². The quantitative estimate of drug-likeness (QED) is 0.808. The summed E-state index contributed by atoms with van der Waals surface area (Å²) in [4.78, 5) is 34.1. The topological polar surface area (TPSA) is 84.5 Å². The zero-order valence-corrected chi connectivity index (χ0v) is 11.4. The number of nitrogens with one attached hydrogen (secondary N) is 2. The number of esters is 1. The molecule has 21 heavy (non-hydrogen) atoms. The van der Waals surface area contributed by atoms with E-state index in [2.05, 4.69) is 10.6 Å². The molecule has 1 fully saturated rings. The Labute approximate surface area is 120 Å². The van der Waals surface area contributed by atoms with Crippen LogP contribution in [0.4, 0.5) is 10.1 Å². The van der Waals surface area contributed by atoms with E-state index in [0.29, 0.717) is 12.0 Å². The highest BCUT2D eigenvalue weighted by Gasteiger charge is 2.28. The fraction of sp³-hybridized carbons (Fsp3) is 0.357. The largest absolute Gasteiger partial charge is 0.454 e. The van der Waals surface area contributed by atoms with Crippen LogP contribution < -0.4 is 10.6 Å². The normalized spacial score (nSPS) is 17.2. The van der Waals surface area contributed by atoms with Crippen LogP contribution in [0.25, 0.3) is 0 Å². The van der Waals surface area contributed by atoms with Crippen molar-refractivity contribution in [3.63, 3.8) is 0 Å². The summed E-state index contributed by atoms with van der Waals surface area (Å²) in [6.07, 6.45) is 0.636. The molecule has 0 radical (unpaired) electrons. The number of amides is 2. The minimum absolute atomic E-state index is 0.212. The number of aryl methyl sites for hydroxylation is 1. The molecule has 1 aliphatic rings. The molecule has 1 heterocycles. The van der Waals surface area contributed by atoms with E-state index >= 15 is 0 Å². The van der Waals surface area contributed by atoms with Gasteiger partial charge >= 0.3 is 5.97 Å². The van der Waals surface area contributed by atoms with E-state index in [1.165, 1.54) is 12.1 Å². The van der Waals surface area contributed by atoms with Gasteiger partial charge in [0.25, 0.3) is 5.91 Å². The Morgan fingerprint density at radius 3 is 2.86 bits per heavy atom. The zero-order chi connectivity index (χ0) is 15.4. The number of hydrogen-bond donors (Lipinski definition) is 2. The molecule has 2 N–H and O–H groups in total. The van der Waals surface area contributed by atoms with E-state index in [4.69, 9.17) is 4.74 Å². The van der Waals surface area contributed by atoms with Crippen LogP contribution in [-0.4, -0.2) is 30.4 Å². The Morgan fingerprint density at radius 1 is 1.48 bits per heavy atom. The van der Waals surface area contributed by atoms with Gasteiger partial charge in [0.05, 0.1) is 0 Å². The molecule has 1 atom stereocenters. The van der Waals surface area contributed by atoms with Gasteiger partial charge in [-0.3, -0.25) is 9.59 Å². The Balaban J connectivity index is 1.80. The third-order valence-electron chi connectivity index (χ3n) is 3.08. The maximum atomic E-state index is 13.3. The van der Waals surface area contributed by atoms with E-state index in [0.717, 1.165) is 0 Å². The third-order valence-corrected chi connectivity index (χ3v) is 3.08. The highest BCUT2D eigenvalue weighted by atomic mass is 19.1. The lowest BCUT2D eigenvalue weighted by atomic mass is 10.2. The highest BCUT2D eigenvalue weighted by molar-refractivity contribution is 5.94. The minimum Gasteiger partial charge on any atom is -0.454 e. The molecular formula is C14H15FN2O4. The fourth-order valence-electron chi connectivity index (χ4n) is 1.90. The second-order valence-corrected chi connectivity index (χ2v) is 4.78. The molecule has 112 valence electrons. The van der Waals surface area contributed by atoms with E-state index in [9.17, 15) is 18.8 Å². The molecule has 2 rings (SSSR count). The predicted molar refractivity (Wildman–Crippen MR) is 71.9 cm³/mol. The molecule has 0 saturated carbocycles. The number of carbonyl (C=O) groups excluding carboxylic acids is 3. The van der Waals surface area contributed by atoms with Gasteiger partial charge in [-0.1, -0.05) is 6.07 Å². The van der Waals surface area contributed by atoms with Crippen LogP contribution >= 0.6 is 0 Å². The van der Waals surface area contributed by atoms with Crippen molar-refractivity contribution in [1.29, 1.82) is 0 Å². The molecule has 1 aromatic carbocycles. The van der Waals surface area contributed by atoms with Crippen LogP contribution in [0.2, 0.25) is 0 Å².